The van der Waals surface area contributed by atoms with Crippen molar-refractivity contribution in [2.24, 2.45) is 0 Å². The van der Waals surface area contributed by atoms with Crippen LogP contribution in [0.5, 0.6) is 5.75 Å². The molecule has 126 valence electrons. The number of methoxy groups -OCH3 is 1. The Balaban J connectivity index is 1.81. The van der Waals surface area contributed by atoms with E-state index in [4.69, 9.17) is 9.47 Å². The number of amides is 1. The zero-order chi connectivity index (χ0) is 17.4. The van der Waals surface area contributed by atoms with Crippen LogP contribution < -0.4 is 10.1 Å². The summed E-state index contributed by atoms with van der Waals surface area (Å²) < 4.78 is 10.3. The van der Waals surface area contributed by atoms with Gasteiger partial charge >= 0.3 is 5.97 Å². The molecule has 1 N–H and O–H groups in total. The number of carbonyl (C=O) groups is 2. The Morgan fingerprint density at radius 2 is 1.83 bits per heavy atom. The second kappa shape index (κ2) is 8.72. The minimum Gasteiger partial charge on any atom is -0.497 e. The molecule has 0 unspecified atom stereocenters. The third-order valence-corrected chi connectivity index (χ3v) is 3.48. The largest absolute Gasteiger partial charge is 0.497 e. The number of hydrogen-bond donors (Lipinski definition) is 1. The highest BCUT2D eigenvalue weighted by Gasteiger charge is 2.18. The van der Waals surface area contributed by atoms with Gasteiger partial charge in [0.15, 0.2) is 6.10 Å². The molecule has 0 radical (unpaired) electrons. The van der Waals surface area contributed by atoms with Gasteiger partial charge in [-0.15, -0.1) is 0 Å². The first kappa shape index (κ1) is 17.5. The van der Waals surface area contributed by atoms with Gasteiger partial charge in [0.05, 0.1) is 7.11 Å². The minimum atomic E-state index is -0.862. The molecule has 1 amide bonds. The molecule has 0 aromatic heterocycles. The maximum atomic E-state index is 12.1. The molecule has 5 nitrogen and oxygen atoms in total. The maximum absolute atomic E-state index is 12.1. The van der Waals surface area contributed by atoms with E-state index in [-0.39, 0.29) is 12.3 Å². The highest BCUT2D eigenvalue weighted by atomic mass is 16.5. The molecule has 0 saturated carbocycles. The van der Waals surface area contributed by atoms with Crippen LogP contribution in [0.15, 0.2) is 54.6 Å². The van der Waals surface area contributed by atoms with Gasteiger partial charge in [0.25, 0.3) is 5.91 Å². The van der Waals surface area contributed by atoms with Gasteiger partial charge in [-0.1, -0.05) is 36.4 Å². The van der Waals surface area contributed by atoms with Crippen LogP contribution in [-0.4, -0.2) is 25.1 Å². The topological polar surface area (TPSA) is 64.6 Å². The van der Waals surface area contributed by atoms with Crippen molar-refractivity contribution in [3.05, 3.63) is 60.2 Å². The van der Waals surface area contributed by atoms with Crippen molar-refractivity contribution in [3.63, 3.8) is 0 Å². The fourth-order valence-corrected chi connectivity index (χ4v) is 2.15. The summed E-state index contributed by atoms with van der Waals surface area (Å²) in [4.78, 5) is 24.0. The van der Waals surface area contributed by atoms with Crippen LogP contribution in [-0.2, 0) is 20.7 Å². The number of benzene rings is 2. The van der Waals surface area contributed by atoms with E-state index >= 15 is 0 Å². The average Bonchev–Trinajstić information content (AvgIpc) is 2.61. The summed E-state index contributed by atoms with van der Waals surface area (Å²) in [6.45, 7) is 1.55. The predicted molar refractivity (Wildman–Crippen MR) is 91.9 cm³/mol. The van der Waals surface area contributed by atoms with E-state index in [1.165, 1.54) is 0 Å². The van der Waals surface area contributed by atoms with Crippen molar-refractivity contribution in [2.45, 2.75) is 25.9 Å². The molecule has 0 bridgehead atoms. The monoisotopic (exact) mass is 327 g/mol. The molecule has 2 aromatic rings. The summed E-state index contributed by atoms with van der Waals surface area (Å²) in [5.41, 5.74) is 1.65. The molecule has 1 atom stereocenters. The standard InChI is InChI=1S/C19H21NO4/c1-14(19(22)20-16-9-6-10-17(13-16)23-2)24-18(21)12-11-15-7-4-3-5-8-15/h3-10,13-14H,11-12H2,1-2H3,(H,20,22)/t14-/m1/s1. The third-order valence-electron chi connectivity index (χ3n) is 3.48. The quantitative estimate of drug-likeness (QED) is 0.793. The van der Waals surface area contributed by atoms with E-state index in [2.05, 4.69) is 5.32 Å². The summed E-state index contributed by atoms with van der Waals surface area (Å²) in [7, 11) is 1.55. The normalized spacial score (nSPS) is 11.4. The van der Waals surface area contributed by atoms with E-state index < -0.39 is 12.1 Å². The van der Waals surface area contributed by atoms with Crippen LogP contribution in [0.1, 0.15) is 18.9 Å². The Labute approximate surface area is 141 Å². The van der Waals surface area contributed by atoms with Crippen LogP contribution in [0.3, 0.4) is 0 Å². The first-order valence-corrected chi connectivity index (χ1v) is 7.77. The first-order chi connectivity index (χ1) is 11.6. The molecule has 0 spiro atoms. The second-order valence-electron chi connectivity index (χ2n) is 5.34. The Bertz CT molecular complexity index is 685. The number of ether oxygens (including phenoxy) is 2. The van der Waals surface area contributed by atoms with Gasteiger partial charge < -0.3 is 14.8 Å². The van der Waals surface area contributed by atoms with Crippen molar-refractivity contribution < 1.29 is 19.1 Å². The fraction of sp³-hybridized carbons (Fsp3) is 0.263. The van der Waals surface area contributed by atoms with Crippen LogP contribution in [0.25, 0.3) is 0 Å². The van der Waals surface area contributed by atoms with Gasteiger partial charge in [-0.25, -0.2) is 0 Å². The Morgan fingerprint density at radius 1 is 1.08 bits per heavy atom. The molecule has 5 heteroatoms. The smallest absolute Gasteiger partial charge is 0.306 e. The van der Waals surface area contributed by atoms with Gasteiger partial charge in [-0.2, -0.15) is 0 Å². The number of aryl methyl sites for hydroxylation is 1. The van der Waals surface area contributed by atoms with Crippen LogP contribution in [0.2, 0.25) is 0 Å². The number of hydrogen-bond acceptors (Lipinski definition) is 4. The van der Waals surface area contributed by atoms with Crippen molar-refractivity contribution >= 4 is 17.6 Å². The molecule has 0 aliphatic carbocycles. The molecule has 0 heterocycles. The van der Waals surface area contributed by atoms with E-state index in [9.17, 15) is 9.59 Å². The molecule has 0 aliphatic heterocycles. The summed E-state index contributed by atoms with van der Waals surface area (Å²) in [6.07, 6.45) is -0.0375. The zero-order valence-electron chi connectivity index (χ0n) is 13.8. The number of rotatable bonds is 7. The molecular weight excluding hydrogens is 306 g/mol. The van der Waals surface area contributed by atoms with Gasteiger partial charge in [-0.3, -0.25) is 9.59 Å². The van der Waals surface area contributed by atoms with Crippen LogP contribution >= 0.6 is 0 Å². The lowest BCUT2D eigenvalue weighted by Crippen LogP contribution is -2.30. The predicted octanol–water partition coefficient (Wildman–Crippen LogP) is 3.20. The average molecular weight is 327 g/mol. The zero-order valence-corrected chi connectivity index (χ0v) is 13.8. The van der Waals surface area contributed by atoms with E-state index in [0.29, 0.717) is 17.9 Å². The highest BCUT2D eigenvalue weighted by Crippen LogP contribution is 2.17. The molecule has 2 aromatic carbocycles. The summed E-state index contributed by atoms with van der Waals surface area (Å²) in [5.74, 6) is -0.135. The van der Waals surface area contributed by atoms with Crippen molar-refractivity contribution in [3.8, 4) is 5.75 Å². The Kier molecular flexibility index (Phi) is 6.37. The van der Waals surface area contributed by atoms with E-state index in [0.717, 1.165) is 5.56 Å². The molecule has 2 rings (SSSR count). The Morgan fingerprint density at radius 3 is 2.54 bits per heavy atom. The molecule has 0 aliphatic rings. The van der Waals surface area contributed by atoms with Crippen LogP contribution in [0, 0.1) is 0 Å². The number of anilines is 1. The molecular formula is C19H21NO4. The highest BCUT2D eigenvalue weighted by molar-refractivity contribution is 5.95. The van der Waals surface area contributed by atoms with Crippen LogP contribution in [0.4, 0.5) is 5.69 Å². The second-order valence-corrected chi connectivity index (χ2v) is 5.34. The summed E-state index contributed by atoms with van der Waals surface area (Å²) >= 11 is 0. The van der Waals surface area contributed by atoms with Crippen molar-refractivity contribution in [1.29, 1.82) is 0 Å². The first-order valence-electron chi connectivity index (χ1n) is 7.77. The van der Waals surface area contributed by atoms with Gasteiger partial charge in [0.2, 0.25) is 0 Å². The minimum absolute atomic E-state index is 0.237. The lowest BCUT2D eigenvalue weighted by molar-refractivity contribution is -0.153. The van der Waals surface area contributed by atoms with Gasteiger partial charge in [0.1, 0.15) is 5.75 Å². The third kappa shape index (κ3) is 5.43. The fourth-order valence-electron chi connectivity index (χ4n) is 2.15. The number of esters is 1. The molecule has 0 fully saturated rings. The van der Waals surface area contributed by atoms with E-state index in [1.54, 1.807) is 38.3 Å². The van der Waals surface area contributed by atoms with E-state index in [1.807, 2.05) is 30.3 Å². The lowest BCUT2D eigenvalue weighted by Gasteiger charge is -2.14. The van der Waals surface area contributed by atoms with Crippen molar-refractivity contribution in [1.82, 2.24) is 0 Å². The molecule has 24 heavy (non-hydrogen) atoms. The van der Waals surface area contributed by atoms with Gasteiger partial charge in [0, 0.05) is 18.2 Å². The molecule has 0 saturated heterocycles. The number of carbonyl (C=O) groups excluding carboxylic acids is 2. The summed E-state index contributed by atoms with van der Waals surface area (Å²) in [5, 5.41) is 2.70. The Hall–Kier alpha value is -2.82. The summed E-state index contributed by atoms with van der Waals surface area (Å²) in [6, 6.07) is 16.7. The number of nitrogens with one attached hydrogen (secondary N) is 1. The lowest BCUT2D eigenvalue weighted by atomic mass is 10.1. The SMILES string of the molecule is COc1cccc(NC(=O)[C@@H](C)OC(=O)CCc2ccccc2)c1. The van der Waals surface area contributed by atoms with Crippen molar-refractivity contribution in [2.75, 3.05) is 12.4 Å². The maximum Gasteiger partial charge on any atom is 0.306 e. The van der Waals surface area contributed by atoms with Gasteiger partial charge in [-0.05, 0) is 31.0 Å².